The molecule has 0 fully saturated rings. The highest BCUT2D eigenvalue weighted by molar-refractivity contribution is 9.10. The fraction of sp³-hybridized carbons (Fsp3) is 0. The van der Waals surface area contributed by atoms with Crippen LogP contribution < -0.4 is 0 Å². The lowest BCUT2D eigenvalue weighted by atomic mass is 10.2. The van der Waals surface area contributed by atoms with Crippen LogP contribution in [0.15, 0.2) is 41.1 Å². The van der Waals surface area contributed by atoms with Crippen LogP contribution in [0.3, 0.4) is 0 Å². The summed E-state index contributed by atoms with van der Waals surface area (Å²) in [5.74, 6) is -1.83. The monoisotopic (exact) mass is 350 g/mol. The summed E-state index contributed by atoms with van der Waals surface area (Å²) >= 11 is 3.12. The highest BCUT2D eigenvalue weighted by atomic mass is 79.9. The van der Waals surface area contributed by atoms with Gasteiger partial charge in [0.25, 0.3) is 0 Å². The average Bonchev–Trinajstić information content (AvgIpc) is 2.83. The molecule has 2 aromatic carbocycles. The smallest absolute Gasteiger partial charge is 0.336 e. The number of aromatic carboxylic acids is 1. The van der Waals surface area contributed by atoms with Crippen LogP contribution in [-0.2, 0) is 0 Å². The molecule has 7 heteroatoms. The van der Waals surface area contributed by atoms with Crippen LogP contribution in [-0.4, -0.2) is 25.7 Å². The van der Waals surface area contributed by atoms with Crippen molar-refractivity contribution in [2.45, 2.75) is 0 Å². The zero-order valence-corrected chi connectivity index (χ0v) is 12.0. The van der Waals surface area contributed by atoms with Gasteiger partial charge in [-0.05, 0) is 40.2 Å². The Hall–Kier alpha value is -2.41. The van der Waals surface area contributed by atoms with E-state index < -0.39 is 11.8 Å². The van der Waals surface area contributed by atoms with Gasteiger partial charge >= 0.3 is 5.97 Å². The number of imidazole rings is 1. The van der Waals surface area contributed by atoms with Crippen molar-refractivity contribution in [3.8, 4) is 11.4 Å². The molecule has 2 N–H and O–H groups in total. The van der Waals surface area contributed by atoms with Crippen LogP contribution in [0.1, 0.15) is 10.4 Å². The van der Waals surface area contributed by atoms with Gasteiger partial charge in [-0.2, -0.15) is 0 Å². The number of fused-ring (bicyclic) bond motifs is 1. The first kappa shape index (κ1) is 13.6. The van der Waals surface area contributed by atoms with Crippen LogP contribution in [0.5, 0.6) is 5.75 Å². The summed E-state index contributed by atoms with van der Waals surface area (Å²) in [5.41, 5.74) is 1.12. The number of benzene rings is 2. The van der Waals surface area contributed by atoms with E-state index in [1.165, 1.54) is 29.1 Å². The maximum atomic E-state index is 14.2. The normalized spacial score (nSPS) is 11.0. The van der Waals surface area contributed by atoms with Gasteiger partial charge in [0.15, 0.2) is 0 Å². The lowest BCUT2D eigenvalue weighted by molar-refractivity contribution is 0.0695. The Morgan fingerprint density at radius 1 is 1.29 bits per heavy atom. The zero-order chi connectivity index (χ0) is 15.1. The predicted octanol–water partition coefficient (Wildman–Crippen LogP) is 3.33. The fourth-order valence-corrected chi connectivity index (χ4v) is 2.58. The number of halogens is 2. The standard InChI is InChI=1S/C14H8BrFN2O3/c15-9-5-13(10(16)4-8(9)14(20)21)18-6-17-11-3-7(19)1-2-12(11)18/h1-6,19H,(H,20,21). The Bertz CT molecular complexity index is 876. The van der Waals surface area contributed by atoms with E-state index in [1.807, 2.05) is 0 Å². The van der Waals surface area contributed by atoms with E-state index in [2.05, 4.69) is 20.9 Å². The van der Waals surface area contributed by atoms with E-state index in [4.69, 9.17) is 5.11 Å². The minimum atomic E-state index is -1.22. The number of nitrogens with zero attached hydrogens (tertiary/aromatic N) is 2. The quantitative estimate of drug-likeness (QED) is 0.743. The summed E-state index contributed by atoms with van der Waals surface area (Å²) in [6.07, 6.45) is 1.41. The van der Waals surface area contributed by atoms with E-state index in [9.17, 15) is 14.3 Å². The van der Waals surface area contributed by atoms with Gasteiger partial charge in [-0.25, -0.2) is 14.2 Å². The molecule has 0 aliphatic rings. The van der Waals surface area contributed by atoms with Gasteiger partial charge in [-0.15, -0.1) is 0 Å². The van der Waals surface area contributed by atoms with Crippen molar-refractivity contribution < 1.29 is 19.4 Å². The molecular weight excluding hydrogens is 343 g/mol. The minimum absolute atomic E-state index is 0.0654. The Kier molecular flexibility index (Phi) is 3.13. The topological polar surface area (TPSA) is 75.3 Å². The molecule has 0 spiro atoms. The van der Waals surface area contributed by atoms with Gasteiger partial charge in [0.2, 0.25) is 0 Å². The van der Waals surface area contributed by atoms with Crippen molar-refractivity contribution in [1.29, 1.82) is 0 Å². The van der Waals surface area contributed by atoms with Crippen LogP contribution in [0, 0.1) is 5.82 Å². The molecule has 1 heterocycles. The lowest BCUT2D eigenvalue weighted by Gasteiger charge is -2.08. The molecule has 0 aliphatic carbocycles. The number of rotatable bonds is 2. The second-order valence-corrected chi connectivity index (χ2v) is 5.23. The number of hydrogen-bond acceptors (Lipinski definition) is 3. The summed E-state index contributed by atoms with van der Waals surface area (Å²) in [5, 5.41) is 18.4. The molecule has 5 nitrogen and oxygen atoms in total. The highest BCUT2D eigenvalue weighted by Crippen LogP contribution is 2.27. The summed E-state index contributed by atoms with van der Waals surface area (Å²) in [6, 6.07) is 6.88. The van der Waals surface area contributed by atoms with E-state index in [1.54, 1.807) is 6.07 Å². The third-order valence-electron chi connectivity index (χ3n) is 3.06. The number of phenols is 1. The number of carbonyl (C=O) groups is 1. The lowest BCUT2D eigenvalue weighted by Crippen LogP contribution is -2.03. The van der Waals surface area contributed by atoms with E-state index in [0.717, 1.165) is 6.07 Å². The summed E-state index contributed by atoms with van der Waals surface area (Å²) < 4.78 is 15.9. The first-order valence-electron chi connectivity index (χ1n) is 5.86. The molecule has 21 heavy (non-hydrogen) atoms. The van der Waals surface area contributed by atoms with E-state index in [-0.39, 0.29) is 21.5 Å². The molecule has 3 rings (SSSR count). The molecule has 3 aromatic rings. The van der Waals surface area contributed by atoms with Crippen molar-refractivity contribution in [3.63, 3.8) is 0 Å². The molecule has 0 saturated carbocycles. The van der Waals surface area contributed by atoms with E-state index in [0.29, 0.717) is 11.0 Å². The van der Waals surface area contributed by atoms with Gasteiger partial charge in [-0.3, -0.25) is 4.57 Å². The van der Waals surface area contributed by atoms with Gasteiger partial charge in [0.1, 0.15) is 17.9 Å². The Morgan fingerprint density at radius 3 is 2.76 bits per heavy atom. The molecule has 0 aliphatic heterocycles. The van der Waals surface area contributed by atoms with Gasteiger partial charge < -0.3 is 10.2 Å². The molecule has 0 saturated heterocycles. The molecule has 1 aromatic heterocycles. The second-order valence-electron chi connectivity index (χ2n) is 4.38. The van der Waals surface area contributed by atoms with Crippen LogP contribution in [0.25, 0.3) is 16.7 Å². The third-order valence-corrected chi connectivity index (χ3v) is 3.71. The highest BCUT2D eigenvalue weighted by Gasteiger charge is 2.16. The number of carboxylic acids is 1. The average molecular weight is 351 g/mol. The molecule has 0 atom stereocenters. The summed E-state index contributed by atoms with van der Waals surface area (Å²) in [4.78, 5) is 15.1. The van der Waals surface area contributed by atoms with Gasteiger partial charge in [0.05, 0.1) is 22.3 Å². The molecule has 0 unspecified atom stereocenters. The molecule has 0 bridgehead atoms. The van der Waals surface area contributed by atoms with Gasteiger partial charge in [-0.1, -0.05) is 0 Å². The Labute approximate surface area is 126 Å². The molecule has 0 amide bonds. The number of aromatic hydroxyl groups is 1. The second kappa shape index (κ2) is 4.85. The molecular formula is C14H8BrFN2O3. The SMILES string of the molecule is O=C(O)c1cc(F)c(-n2cnc3cc(O)ccc32)cc1Br. The van der Waals surface area contributed by atoms with Crippen molar-refractivity contribution >= 4 is 32.9 Å². The number of phenolic OH excluding ortho intramolecular Hbond substituents is 1. The van der Waals surface area contributed by atoms with Gasteiger partial charge in [0, 0.05) is 10.5 Å². The molecule has 0 radical (unpaired) electrons. The summed E-state index contributed by atoms with van der Waals surface area (Å²) in [6.45, 7) is 0. The number of aromatic nitrogens is 2. The van der Waals surface area contributed by atoms with Crippen molar-refractivity contribution in [2.24, 2.45) is 0 Å². The largest absolute Gasteiger partial charge is 0.508 e. The van der Waals surface area contributed by atoms with Crippen molar-refractivity contribution in [1.82, 2.24) is 9.55 Å². The fourth-order valence-electron chi connectivity index (χ4n) is 2.08. The maximum absolute atomic E-state index is 14.2. The number of hydrogen-bond donors (Lipinski definition) is 2. The third kappa shape index (κ3) is 2.25. The van der Waals surface area contributed by atoms with Crippen molar-refractivity contribution in [3.05, 3.63) is 52.5 Å². The number of carboxylic acid groups (broad SMARTS) is 1. The minimum Gasteiger partial charge on any atom is -0.508 e. The van der Waals surface area contributed by atoms with Crippen LogP contribution >= 0.6 is 15.9 Å². The molecule has 106 valence electrons. The maximum Gasteiger partial charge on any atom is 0.336 e. The predicted molar refractivity (Wildman–Crippen MR) is 77.4 cm³/mol. The van der Waals surface area contributed by atoms with E-state index >= 15 is 0 Å². The Balaban J connectivity index is 2.23. The Morgan fingerprint density at radius 2 is 2.05 bits per heavy atom. The summed E-state index contributed by atoms with van der Waals surface area (Å²) in [7, 11) is 0. The van der Waals surface area contributed by atoms with Crippen LogP contribution in [0.2, 0.25) is 0 Å². The first-order chi connectivity index (χ1) is 9.97. The van der Waals surface area contributed by atoms with Crippen LogP contribution in [0.4, 0.5) is 4.39 Å². The first-order valence-corrected chi connectivity index (χ1v) is 6.65. The zero-order valence-electron chi connectivity index (χ0n) is 10.4. The van der Waals surface area contributed by atoms with Crippen molar-refractivity contribution in [2.75, 3.05) is 0 Å².